The molecule has 0 aliphatic rings. The average molecular weight is 410 g/mol. The Balaban J connectivity index is 2.18. The summed E-state index contributed by atoms with van der Waals surface area (Å²) in [7, 11) is -1.66. The van der Waals surface area contributed by atoms with Gasteiger partial charge in [-0.05, 0) is 19.1 Å². The predicted molar refractivity (Wildman–Crippen MR) is 97.4 cm³/mol. The van der Waals surface area contributed by atoms with Gasteiger partial charge in [0.1, 0.15) is 17.3 Å². The second-order valence-corrected chi connectivity index (χ2v) is 6.88. The van der Waals surface area contributed by atoms with Gasteiger partial charge in [-0.2, -0.15) is 15.0 Å². The summed E-state index contributed by atoms with van der Waals surface area (Å²) in [5.74, 6) is -0.489. The van der Waals surface area contributed by atoms with Crippen molar-refractivity contribution in [3.8, 4) is 6.01 Å². The lowest BCUT2D eigenvalue weighted by Gasteiger charge is -2.12. The number of sulfonamides is 1. The highest BCUT2D eigenvalue weighted by atomic mass is 32.2. The van der Waals surface area contributed by atoms with Gasteiger partial charge in [-0.25, -0.2) is 17.9 Å². The average Bonchev–Trinajstić information content (AvgIpc) is 2.61. The van der Waals surface area contributed by atoms with E-state index in [0.29, 0.717) is 0 Å². The molecular formula is C15H18N6O6S. The van der Waals surface area contributed by atoms with Crippen molar-refractivity contribution in [3.63, 3.8) is 0 Å². The SMILES string of the molecule is COCC(=O)Nc1ccccc1S(=O)(=O)NC(=O)Nc1nc(C)nc(OC)n1. The van der Waals surface area contributed by atoms with Crippen molar-refractivity contribution in [1.82, 2.24) is 19.7 Å². The number of nitrogens with zero attached hydrogens (tertiary/aromatic N) is 3. The van der Waals surface area contributed by atoms with Crippen LogP contribution in [0.4, 0.5) is 16.4 Å². The standard InChI is InChI=1S/C15H18N6O6S/c1-9-16-13(20-15(17-9)27-3)19-14(23)21-28(24,25)11-7-5-4-6-10(11)18-12(22)8-26-2/h4-7H,8H2,1-3H3,(H,18,22)(H2,16,17,19,20,21,23). The lowest BCUT2D eigenvalue weighted by Crippen LogP contribution is -2.35. The lowest BCUT2D eigenvalue weighted by molar-refractivity contribution is -0.119. The van der Waals surface area contributed by atoms with E-state index in [2.05, 4.69) is 25.6 Å². The van der Waals surface area contributed by atoms with Crippen molar-refractivity contribution >= 4 is 33.6 Å². The summed E-state index contributed by atoms with van der Waals surface area (Å²) in [5.41, 5.74) is -0.0116. The molecule has 3 N–H and O–H groups in total. The highest BCUT2D eigenvalue weighted by Crippen LogP contribution is 2.20. The van der Waals surface area contributed by atoms with Gasteiger partial charge in [0.2, 0.25) is 11.9 Å². The second kappa shape index (κ2) is 9.05. The van der Waals surface area contributed by atoms with E-state index in [4.69, 9.17) is 9.47 Å². The normalized spacial score (nSPS) is 10.8. The van der Waals surface area contributed by atoms with E-state index in [1.54, 1.807) is 6.92 Å². The number of anilines is 2. The Kier molecular flexibility index (Phi) is 6.79. The van der Waals surface area contributed by atoms with E-state index >= 15 is 0 Å². The quantitative estimate of drug-likeness (QED) is 0.582. The van der Waals surface area contributed by atoms with Gasteiger partial charge in [-0.1, -0.05) is 12.1 Å². The molecule has 0 aliphatic heterocycles. The Hall–Kier alpha value is -3.32. The number of ether oxygens (including phenoxy) is 2. The molecule has 1 aromatic heterocycles. The monoisotopic (exact) mass is 410 g/mol. The zero-order chi connectivity index (χ0) is 20.7. The first-order chi connectivity index (χ1) is 13.2. The summed E-state index contributed by atoms with van der Waals surface area (Å²) in [4.78, 5) is 35.0. The summed E-state index contributed by atoms with van der Waals surface area (Å²) in [5, 5.41) is 4.58. The summed E-state index contributed by atoms with van der Waals surface area (Å²) in [6, 6.07) is 4.43. The number of amides is 3. The van der Waals surface area contributed by atoms with Gasteiger partial charge in [-0.3, -0.25) is 10.1 Å². The van der Waals surface area contributed by atoms with Crippen molar-refractivity contribution in [2.75, 3.05) is 31.5 Å². The van der Waals surface area contributed by atoms with Crippen LogP contribution in [0.3, 0.4) is 0 Å². The molecule has 0 saturated heterocycles. The van der Waals surface area contributed by atoms with Gasteiger partial charge in [-0.15, -0.1) is 0 Å². The first kappa shape index (κ1) is 21.0. The van der Waals surface area contributed by atoms with Gasteiger partial charge >= 0.3 is 12.0 Å². The van der Waals surface area contributed by atoms with E-state index < -0.39 is 22.0 Å². The van der Waals surface area contributed by atoms with Crippen LogP contribution in [0.25, 0.3) is 0 Å². The van der Waals surface area contributed by atoms with Crippen molar-refractivity contribution in [3.05, 3.63) is 30.1 Å². The van der Waals surface area contributed by atoms with Crippen molar-refractivity contribution in [2.24, 2.45) is 0 Å². The highest BCUT2D eigenvalue weighted by molar-refractivity contribution is 7.90. The van der Waals surface area contributed by atoms with Gasteiger partial charge in [0.15, 0.2) is 0 Å². The summed E-state index contributed by atoms with van der Waals surface area (Å²) >= 11 is 0. The number of rotatable bonds is 7. The van der Waals surface area contributed by atoms with Gasteiger partial charge in [0, 0.05) is 7.11 Å². The van der Waals surface area contributed by atoms with E-state index in [1.165, 1.54) is 38.5 Å². The molecule has 150 valence electrons. The zero-order valence-corrected chi connectivity index (χ0v) is 16.0. The van der Waals surface area contributed by atoms with Crippen LogP contribution in [-0.4, -0.2) is 56.1 Å². The van der Waals surface area contributed by atoms with E-state index in [9.17, 15) is 18.0 Å². The minimum absolute atomic E-state index is 0.0116. The maximum Gasteiger partial charge on any atom is 0.335 e. The molecule has 2 rings (SSSR count). The number of aryl methyl sites for hydroxylation is 1. The van der Waals surface area contributed by atoms with E-state index in [1.807, 2.05) is 4.72 Å². The fraction of sp³-hybridized carbons (Fsp3) is 0.267. The third-order valence-electron chi connectivity index (χ3n) is 3.09. The Morgan fingerprint density at radius 1 is 1.07 bits per heavy atom. The molecular weight excluding hydrogens is 392 g/mol. The minimum Gasteiger partial charge on any atom is -0.467 e. The molecule has 0 spiro atoms. The van der Waals surface area contributed by atoms with E-state index in [0.717, 1.165) is 0 Å². The Bertz CT molecular complexity index is 981. The first-order valence-electron chi connectivity index (χ1n) is 7.73. The number of carbonyl (C=O) groups excluding carboxylic acids is 2. The zero-order valence-electron chi connectivity index (χ0n) is 15.2. The molecule has 2 aromatic rings. The molecule has 0 atom stereocenters. The van der Waals surface area contributed by atoms with Crippen LogP contribution >= 0.6 is 0 Å². The molecule has 0 unspecified atom stereocenters. The minimum atomic E-state index is -4.32. The number of hydrogen-bond acceptors (Lipinski definition) is 9. The summed E-state index contributed by atoms with van der Waals surface area (Å²) < 4.78 is 36.5. The van der Waals surface area contributed by atoms with Gasteiger partial charge in [0.05, 0.1) is 12.8 Å². The number of urea groups is 1. The van der Waals surface area contributed by atoms with E-state index in [-0.39, 0.29) is 35.0 Å². The molecule has 1 heterocycles. The number of carbonyl (C=O) groups is 2. The molecule has 12 nitrogen and oxygen atoms in total. The van der Waals surface area contributed by atoms with Crippen molar-refractivity contribution < 1.29 is 27.5 Å². The molecule has 0 aliphatic carbocycles. The van der Waals surface area contributed by atoms with Crippen LogP contribution in [0.15, 0.2) is 29.2 Å². The third kappa shape index (κ3) is 5.59. The Morgan fingerprint density at radius 2 is 1.79 bits per heavy atom. The van der Waals surface area contributed by atoms with Crippen LogP contribution in [0.2, 0.25) is 0 Å². The Labute approximate surface area is 160 Å². The number of nitrogens with one attached hydrogen (secondary N) is 3. The number of benzene rings is 1. The number of hydrogen-bond donors (Lipinski definition) is 3. The molecule has 0 saturated carbocycles. The van der Waals surface area contributed by atoms with Crippen molar-refractivity contribution in [2.45, 2.75) is 11.8 Å². The first-order valence-corrected chi connectivity index (χ1v) is 9.21. The van der Waals surface area contributed by atoms with Gasteiger partial charge < -0.3 is 14.8 Å². The van der Waals surface area contributed by atoms with Crippen LogP contribution in [0, 0.1) is 6.92 Å². The lowest BCUT2D eigenvalue weighted by atomic mass is 10.3. The summed E-state index contributed by atoms with van der Waals surface area (Å²) in [6.07, 6.45) is 0. The number of methoxy groups -OCH3 is 2. The van der Waals surface area contributed by atoms with Crippen LogP contribution < -0.4 is 20.1 Å². The molecule has 13 heteroatoms. The summed E-state index contributed by atoms with van der Waals surface area (Å²) in [6.45, 7) is 1.28. The van der Waals surface area contributed by atoms with Crippen LogP contribution in [-0.2, 0) is 19.6 Å². The molecule has 0 bridgehead atoms. The molecule has 0 radical (unpaired) electrons. The fourth-order valence-electron chi connectivity index (χ4n) is 2.03. The Morgan fingerprint density at radius 3 is 2.46 bits per heavy atom. The predicted octanol–water partition coefficient (Wildman–Crippen LogP) is 0.284. The third-order valence-corrected chi connectivity index (χ3v) is 4.48. The van der Waals surface area contributed by atoms with Gasteiger partial charge in [0.25, 0.3) is 10.0 Å². The smallest absolute Gasteiger partial charge is 0.335 e. The maximum atomic E-state index is 12.6. The highest BCUT2D eigenvalue weighted by Gasteiger charge is 2.22. The largest absolute Gasteiger partial charge is 0.467 e. The fourth-order valence-corrected chi connectivity index (χ4v) is 3.10. The van der Waals surface area contributed by atoms with Crippen LogP contribution in [0.1, 0.15) is 5.82 Å². The molecule has 28 heavy (non-hydrogen) atoms. The van der Waals surface area contributed by atoms with Crippen LogP contribution in [0.5, 0.6) is 6.01 Å². The maximum absolute atomic E-state index is 12.6. The molecule has 1 aromatic carbocycles. The molecule has 0 fully saturated rings. The van der Waals surface area contributed by atoms with Crippen molar-refractivity contribution in [1.29, 1.82) is 0 Å². The molecule has 3 amide bonds. The number of para-hydroxylation sites is 1. The number of aromatic nitrogens is 3. The topological polar surface area (TPSA) is 162 Å². The second-order valence-electron chi connectivity index (χ2n) is 5.23.